The molecule has 1 N–H and O–H groups in total. The number of carbonyl (C=O) groups excluding carboxylic acids is 1. The quantitative estimate of drug-likeness (QED) is 0.749. The maximum Gasteiger partial charge on any atom is 0.238 e. The van der Waals surface area contributed by atoms with Crippen molar-refractivity contribution in [3.8, 4) is 0 Å². The molecule has 1 heterocycles. The van der Waals surface area contributed by atoms with Gasteiger partial charge in [-0.05, 0) is 11.1 Å². The van der Waals surface area contributed by atoms with Crippen molar-refractivity contribution in [1.29, 1.82) is 0 Å². The molecule has 0 fully saturated rings. The molecule has 128 valence electrons. The molecule has 0 aliphatic carbocycles. The summed E-state index contributed by atoms with van der Waals surface area (Å²) in [5.41, 5.74) is 2.53. The fourth-order valence-electron chi connectivity index (χ4n) is 2.67. The number of hydrogen-bond donors (Lipinski definition) is 1. The van der Waals surface area contributed by atoms with Gasteiger partial charge in [0.15, 0.2) is 0 Å². The van der Waals surface area contributed by atoms with E-state index in [2.05, 4.69) is 10.5 Å². The van der Waals surface area contributed by atoms with Crippen molar-refractivity contribution < 1.29 is 9.32 Å². The second-order valence-corrected chi connectivity index (χ2v) is 7.07. The number of benzene rings is 2. The van der Waals surface area contributed by atoms with E-state index >= 15 is 0 Å². The molecule has 0 aliphatic rings. The Hall–Kier alpha value is -2.88. The van der Waals surface area contributed by atoms with Crippen LogP contribution >= 0.6 is 0 Å². The van der Waals surface area contributed by atoms with Gasteiger partial charge in [-0.2, -0.15) is 0 Å². The lowest BCUT2D eigenvalue weighted by Crippen LogP contribution is -2.22. The Kier molecular flexibility index (Phi) is 4.70. The van der Waals surface area contributed by atoms with Gasteiger partial charge in [-0.3, -0.25) is 10.1 Å². The van der Waals surface area contributed by atoms with Crippen molar-refractivity contribution in [2.45, 2.75) is 32.1 Å². The molecule has 1 aromatic heterocycles. The highest BCUT2D eigenvalue weighted by atomic mass is 16.5. The lowest BCUT2D eigenvalue weighted by molar-refractivity contribution is -0.116. The number of anilines is 1. The summed E-state index contributed by atoms with van der Waals surface area (Å²) in [6.45, 7) is 6.15. The molecule has 25 heavy (non-hydrogen) atoms. The van der Waals surface area contributed by atoms with E-state index in [0.717, 1.165) is 16.8 Å². The Morgan fingerprint density at radius 1 is 0.960 bits per heavy atom. The third kappa shape index (κ3) is 3.97. The molecule has 0 spiro atoms. The van der Waals surface area contributed by atoms with E-state index in [0.29, 0.717) is 5.88 Å². The van der Waals surface area contributed by atoms with Crippen molar-refractivity contribution in [2.24, 2.45) is 0 Å². The minimum atomic E-state index is -0.411. The number of carbonyl (C=O) groups is 1. The maximum atomic E-state index is 13.0. The van der Waals surface area contributed by atoms with Crippen LogP contribution in [0.4, 0.5) is 5.88 Å². The molecule has 4 heteroatoms. The molecule has 1 amide bonds. The fraction of sp³-hybridized carbons (Fsp3) is 0.238. The van der Waals surface area contributed by atoms with Gasteiger partial charge in [0, 0.05) is 11.5 Å². The Labute approximate surface area is 147 Å². The summed E-state index contributed by atoms with van der Waals surface area (Å²) in [5, 5.41) is 6.92. The topological polar surface area (TPSA) is 55.1 Å². The minimum absolute atomic E-state index is 0.134. The van der Waals surface area contributed by atoms with Gasteiger partial charge in [-0.25, -0.2) is 0 Å². The zero-order valence-electron chi connectivity index (χ0n) is 14.7. The third-order valence-electron chi connectivity index (χ3n) is 4.05. The number of nitrogens with one attached hydrogen (secondary N) is 1. The van der Waals surface area contributed by atoms with Crippen molar-refractivity contribution in [3.05, 3.63) is 83.6 Å². The Morgan fingerprint density at radius 3 is 1.92 bits per heavy atom. The second-order valence-electron chi connectivity index (χ2n) is 7.07. The average molecular weight is 334 g/mol. The molecule has 0 bridgehead atoms. The lowest BCUT2D eigenvalue weighted by Gasteiger charge is -2.16. The molecule has 2 aromatic carbocycles. The summed E-state index contributed by atoms with van der Waals surface area (Å²) in [6.07, 6.45) is 0. The van der Waals surface area contributed by atoms with Crippen LogP contribution in [0, 0.1) is 0 Å². The van der Waals surface area contributed by atoms with E-state index in [1.807, 2.05) is 81.4 Å². The Balaban J connectivity index is 1.89. The molecule has 3 aromatic rings. The molecular weight excluding hydrogens is 312 g/mol. The van der Waals surface area contributed by atoms with E-state index < -0.39 is 5.92 Å². The Morgan fingerprint density at radius 2 is 1.48 bits per heavy atom. The number of nitrogens with zero attached hydrogens (tertiary/aromatic N) is 1. The Bertz CT molecular complexity index is 794. The SMILES string of the molecule is CC(C)(C)c1cc(NC(=O)C(c2ccccc2)c2ccccc2)on1. The van der Waals surface area contributed by atoms with Crippen molar-refractivity contribution in [1.82, 2.24) is 5.16 Å². The van der Waals surface area contributed by atoms with E-state index in [9.17, 15) is 4.79 Å². The van der Waals surface area contributed by atoms with Gasteiger partial charge < -0.3 is 4.52 Å². The van der Waals surface area contributed by atoms with Crippen LogP contribution in [0.15, 0.2) is 71.3 Å². The first-order valence-electron chi connectivity index (χ1n) is 8.33. The average Bonchev–Trinajstić information content (AvgIpc) is 3.06. The van der Waals surface area contributed by atoms with Gasteiger partial charge in [0.05, 0.1) is 11.6 Å². The summed E-state index contributed by atoms with van der Waals surface area (Å²) in [7, 11) is 0. The first-order chi connectivity index (χ1) is 11.9. The summed E-state index contributed by atoms with van der Waals surface area (Å²) >= 11 is 0. The zero-order valence-corrected chi connectivity index (χ0v) is 14.7. The molecule has 0 saturated heterocycles. The molecule has 0 unspecified atom stereocenters. The molecular formula is C21H22N2O2. The number of rotatable bonds is 4. The van der Waals surface area contributed by atoms with Crippen molar-refractivity contribution in [2.75, 3.05) is 5.32 Å². The van der Waals surface area contributed by atoms with Gasteiger partial charge in [0.2, 0.25) is 11.8 Å². The zero-order chi connectivity index (χ0) is 17.9. The summed E-state index contributed by atoms with van der Waals surface area (Å²) in [4.78, 5) is 13.0. The molecule has 0 atom stereocenters. The monoisotopic (exact) mass is 334 g/mol. The van der Waals surface area contributed by atoms with Crippen LogP contribution in [0.5, 0.6) is 0 Å². The predicted molar refractivity (Wildman–Crippen MR) is 98.6 cm³/mol. The smallest absolute Gasteiger partial charge is 0.238 e. The van der Waals surface area contributed by atoms with Gasteiger partial charge in [-0.1, -0.05) is 86.6 Å². The normalized spacial score (nSPS) is 11.5. The van der Waals surface area contributed by atoms with Crippen LogP contribution in [0.1, 0.15) is 43.5 Å². The van der Waals surface area contributed by atoms with Crippen molar-refractivity contribution >= 4 is 11.8 Å². The van der Waals surface area contributed by atoms with E-state index in [4.69, 9.17) is 4.52 Å². The van der Waals surface area contributed by atoms with E-state index in [1.54, 1.807) is 6.07 Å². The summed E-state index contributed by atoms with van der Waals surface area (Å²) in [6, 6.07) is 21.2. The van der Waals surface area contributed by atoms with Crippen LogP contribution < -0.4 is 5.32 Å². The van der Waals surface area contributed by atoms with Gasteiger partial charge in [0.1, 0.15) is 0 Å². The largest absolute Gasteiger partial charge is 0.338 e. The van der Waals surface area contributed by atoms with Crippen LogP contribution in [0.25, 0.3) is 0 Å². The molecule has 3 rings (SSSR count). The highest BCUT2D eigenvalue weighted by molar-refractivity contribution is 5.97. The first-order valence-corrected chi connectivity index (χ1v) is 8.33. The molecule has 0 radical (unpaired) electrons. The standard InChI is InChI=1S/C21H22N2O2/c1-21(2,3)17-14-18(25-23-17)22-20(24)19(15-10-6-4-7-11-15)16-12-8-5-9-13-16/h4-14,19H,1-3H3,(H,22,24). The van der Waals surface area contributed by atoms with Crippen LogP contribution in [0.2, 0.25) is 0 Å². The summed E-state index contributed by atoms with van der Waals surface area (Å²) in [5.74, 6) is -0.189. The van der Waals surface area contributed by atoms with E-state index in [1.165, 1.54) is 0 Å². The molecule has 4 nitrogen and oxygen atoms in total. The second kappa shape index (κ2) is 6.93. The fourth-order valence-corrected chi connectivity index (χ4v) is 2.67. The number of hydrogen-bond acceptors (Lipinski definition) is 3. The number of aromatic nitrogens is 1. The highest BCUT2D eigenvalue weighted by Gasteiger charge is 2.25. The van der Waals surface area contributed by atoms with Gasteiger partial charge in [0.25, 0.3) is 0 Å². The van der Waals surface area contributed by atoms with E-state index in [-0.39, 0.29) is 11.3 Å². The minimum Gasteiger partial charge on any atom is -0.338 e. The highest BCUT2D eigenvalue weighted by Crippen LogP contribution is 2.28. The lowest BCUT2D eigenvalue weighted by atomic mass is 9.90. The molecule has 0 aliphatic heterocycles. The summed E-state index contributed by atoms with van der Waals surface area (Å²) < 4.78 is 5.30. The van der Waals surface area contributed by atoms with Crippen LogP contribution in [0.3, 0.4) is 0 Å². The van der Waals surface area contributed by atoms with Crippen LogP contribution in [-0.4, -0.2) is 11.1 Å². The van der Waals surface area contributed by atoms with Gasteiger partial charge in [-0.15, -0.1) is 0 Å². The molecule has 0 saturated carbocycles. The van der Waals surface area contributed by atoms with Crippen LogP contribution in [-0.2, 0) is 10.2 Å². The van der Waals surface area contributed by atoms with Crippen molar-refractivity contribution in [3.63, 3.8) is 0 Å². The number of amides is 1. The van der Waals surface area contributed by atoms with Gasteiger partial charge >= 0.3 is 0 Å². The first kappa shape index (κ1) is 17.0. The predicted octanol–water partition coefficient (Wildman–Crippen LogP) is 4.74. The maximum absolute atomic E-state index is 13.0. The third-order valence-corrected chi connectivity index (χ3v) is 4.05.